The van der Waals surface area contributed by atoms with Crippen LogP contribution in [0.5, 0.6) is 5.75 Å². The van der Waals surface area contributed by atoms with Gasteiger partial charge in [0.1, 0.15) is 23.7 Å². The van der Waals surface area contributed by atoms with Crippen LogP contribution < -0.4 is 16.0 Å². The van der Waals surface area contributed by atoms with Crippen LogP contribution in [0, 0.1) is 0 Å². The van der Waals surface area contributed by atoms with Gasteiger partial charge in [-0.25, -0.2) is 4.39 Å². The van der Waals surface area contributed by atoms with Crippen LogP contribution in [0.1, 0.15) is 23.0 Å². The Kier molecular flexibility index (Phi) is 12.3. The molecule has 1 aromatic carbocycles. The van der Waals surface area contributed by atoms with Gasteiger partial charge in [0, 0.05) is 12.7 Å². The van der Waals surface area contributed by atoms with Gasteiger partial charge in [-0.05, 0) is 30.7 Å². The zero-order valence-electron chi connectivity index (χ0n) is 19.0. The summed E-state index contributed by atoms with van der Waals surface area (Å²) in [6.45, 7) is 4.15. The minimum Gasteiger partial charge on any atom is -0.497 e. The van der Waals surface area contributed by atoms with Crippen molar-refractivity contribution in [2.75, 3.05) is 47.3 Å². The second-order valence-electron chi connectivity index (χ2n) is 6.83. The highest BCUT2D eigenvalue weighted by Crippen LogP contribution is 2.35. The summed E-state index contributed by atoms with van der Waals surface area (Å²) in [7, 11) is 2.89. The van der Waals surface area contributed by atoms with Crippen molar-refractivity contribution in [1.82, 2.24) is 4.98 Å². The molecule has 0 saturated carbocycles. The van der Waals surface area contributed by atoms with Crippen LogP contribution >= 0.6 is 0 Å². The number of primary amides is 1. The van der Waals surface area contributed by atoms with Crippen molar-refractivity contribution in [3.05, 3.63) is 51.9 Å². The topological polar surface area (TPSA) is 113 Å². The van der Waals surface area contributed by atoms with Crippen molar-refractivity contribution in [3.8, 4) is 16.9 Å². The maximum absolute atomic E-state index is 13.1. The van der Waals surface area contributed by atoms with Crippen LogP contribution in [0.2, 0.25) is 0 Å². The fourth-order valence-corrected chi connectivity index (χ4v) is 2.62. The van der Waals surface area contributed by atoms with Crippen LogP contribution in [0.15, 0.2) is 35.1 Å². The van der Waals surface area contributed by atoms with Gasteiger partial charge >= 0.3 is 6.18 Å². The van der Waals surface area contributed by atoms with E-state index in [1.54, 1.807) is 4.98 Å². The second kappa shape index (κ2) is 14.3. The van der Waals surface area contributed by atoms with Crippen molar-refractivity contribution in [2.45, 2.75) is 19.2 Å². The maximum Gasteiger partial charge on any atom is 0.431 e. The quantitative estimate of drug-likeness (QED) is 0.620. The van der Waals surface area contributed by atoms with E-state index in [0.29, 0.717) is 11.9 Å². The number of carbonyl (C=O) groups excluding carboxylic acids is 1. The number of aromatic amines is 1. The molecule has 34 heavy (non-hydrogen) atoms. The van der Waals surface area contributed by atoms with Gasteiger partial charge in [-0.2, -0.15) is 13.2 Å². The van der Waals surface area contributed by atoms with Gasteiger partial charge in [0.05, 0.1) is 39.6 Å². The number of hydrogen-bond donors (Lipinski definition) is 2. The molecule has 190 valence electrons. The second-order valence-corrected chi connectivity index (χ2v) is 6.83. The molecule has 0 bridgehead atoms. The Labute approximate surface area is 194 Å². The summed E-state index contributed by atoms with van der Waals surface area (Å²) >= 11 is 0. The lowest BCUT2D eigenvalue weighted by atomic mass is 10.0. The largest absolute Gasteiger partial charge is 0.497 e. The zero-order chi connectivity index (χ0) is 25.7. The molecule has 1 amide bonds. The Hall–Kier alpha value is -2.96. The van der Waals surface area contributed by atoms with E-state index in [1.807, 2.05) is 6.92 Å². The molecule has 12 heteroatoms. The average Bonchev–Trinajstić information content (AvgIpc) is 2.80. The van der Waals surface area contributed by atoms with E-state index in [-0.39, 0.29) is 24.4 Å². The number of hydrogen-bond acceptors (Lipinski definition) is 6. The van der Waals surface area contributed by atoms with E-state index < -0.39 is 28.9 Å². The number of amides is 1. The normalized spacial score (nSPS) is 15.3. The summed E-state index contributed by atoms with van der Waals surface area (Å²) in [5.74, 6) is -0.651. The Bertz CT molecular complexity index is 940. The van der Waals surface area contributed by atoms with E-state index in [1.165, 1.54) is 38.5 Å². The van der Waals surface area contributed by atoms with E-state index in [9.17, 15) is 27.2 Å². The van der Waals surface area contributed by atoms with Gasteiger partial charge in [0.25, 0.3) is 11.5 Å². The molecule has 1 saturated heterocycles. The summed E-state index contributed by atoms with van der Waals surface area (Å²) in [6.07, 6.45) is -4.47. The number of H-pyrrole nitrogens is 1. The number of methoxy groups -OCH3 is 2. The summed E-state index contributed by atoms with van der Waals surface area (Å²) in [5.41, 5.74) is 1.85. The Morgan fingerprint density at radius 2 is 1.85 bits per heavy atom. The molecule has 0 radical (unpaired) electrons. The minimum atomic E-state index is -4.79. The zero-order valence-corrected chi connectivity index (χ0v) is 19.0. The Morgan fingerprint density at radius 1 is 1.21 bits per heavy atom. The summed E-state index contributed by atoms with van der Waals surface area (Å²) in [6, 6.07) is 6.53. The van der Waals surface area contributed by atoms with Gasteiger partial charge in [-0.15, -0.1) is 0 Å². The maximum atomic E-state index is 13.1. The number of benzene rings is 1. The number of carbonyl (C=O) groups is 1. The third-order valence-electron chi connectivity index (χ3n) is 4.25. The van der Waals surface area contributed by atoms with E-state index >= 15 is 0 Å². The van der Waals surface area contributed by atoms with E-state index in [2.05, 4.69) is 4.74 Å². The molecule has 1 aliphatic heterocycles. The summed E-state index contributed by atoms with van der Waals surface area (Å²) < 4.78 is 69.6. The standard InChI is InChI=1S/C14H11F3N2O3.C5H10O2.C3H7FO/c1-22-8-4-2-7(3-5-8)9-6-10(12(18)20)13(21)19-11(9)14(15,16)17;1-5-4-6-2-3-7-5;1-5-3-2-4/h2-6H,1H3,(H2,18,20)(H,19,21);5H,2-4H2,1H3;2-3H2,1H3. The lowest BCUT2D eigenvalue weighted by Crippen LogP contribution is -2.27. The Morgan fingerprint density at radius 3 is 2.21 bits per heavy atom. The molecule has 8 nitrogen and oxygen atoms in total. The molecule has 3 N–H and O–H groups in total. The van der Waals surface area contributed by atoms with Gasteiger partial charge in [-0.3, -0.25) is 9.59 Å². The molecule has 1 unspecified atom stereocenters. The van der Waals surface area contributed by atoms with Crippen molar-refractivity contribution in [2.24, 2.45) is 5.73 Å². The molecule has 0 spiro atoms. The number of rotatable bonds is 5. The van der Waals surface area contributed by atoms with Crippen molar-refractivity contribution in [1.29, 1.82) is 0 Å². The predicted molar refractivity (Wildman–Crippen MR) is 117 cm³/mol. The molecule has 1 aromatic heterocycles. The highest BCUT2D eigenvalue weighted by molar-refractivity contribution is 5.93. The monoisotopic (exact) mass is 492 g/mol. The molecule has 3 rings (SSSR count). The van der Waals surface area contributed by atoms with Crippen LogP contribution in [0.25, 0.3) is 11.1 Å². The highest BCUT2D eigenvalue weighted by Gasteiger charge is 2.36. The fourth-order valence-electron chi connectivity index (χ4n) is 2.62. The predicted octanol–water partition coefficient (Wildman–Crippen LogP) is 3.19. The molecule has 1 atom stereocenters. The fraction of sp³-hybridized carbons (Fsp3) is 0.455. The molecular weight excluding hydrogens is 464 g/mol. The van der Waals surface area contributed by atoms with Gasteiger partial charge in [0.2, 0.25) is 0 Å². The molecule has 1 fully saturated rings. The average molecular weight is 492 g/mol. The first kappa shape index (κ1) is 29.1. The number of nitrogens with one attached hydrogen (secondary N) is 1. The van der Waals surface area contributed by atoms with Crippen molar-refractivity contribution in [3.63, 3.8) is 0 Å². The Balaban J connectivity index is 0.000000393. The SMILES string of the molecule is CC1COCCO1.COCCF.COc1ccc(-c2cc(C(N)=O)c(=O)[nH]c2C(F)(F)F)cc1. The number of halogens is 4. The lowest BCUT2D eigenvalue weighted by molar-refractivity contribution is -0.140. The van der Waals surface area contributed by atoms with Crippen molar-refractivity contribution < 1.29 is 41.3 Å². The number of pyridine rings is 1. The molecule has 0 aliphatic carbocycles. The third-order valence-corrected chi connectivity index (χ3v) is 4.25. The number of aromatic nitrogens is 1. The first-order valence-electron chi connectivity index (χ1n) is 10.1. The van der Waals surface area contributed by atoms with Gasteiger partial charge in [-0.1, -0.05) is 12.1 Å². The lowest BCUT2D eigenvalue weighted by Gasteiger charge is -2.18. The minimum absolute atomic E-state index is 0.159. The van der Waals surface area contributed by atoms with Gasteiger partial charge in [0.15, 0.2) is 0 Å². The van der Waals surface area contributed by atoms with Crippen molar-refractivity contribution >= 4 is 5.91 Å². The van der Waals surface area contributed by atoms with E-state index in [4.69, 9.17) is 19.9 Å². The highest BCUT2D eigenvalue weighted by atomic mass is 19.4. The van der Waals surface area contributed by atoms with E-state index in [0.717, 1.165) is 25.9 Å². The first-order chi connectivity index (χ1) is 16.0. The first-order valence-corrected chi connectivity index (χ1v) is 10.1. The summed E-state index contributed by atoms with van der Waals surface area (Å²) in [5, 5.41) is 0. The van der Waals surface area contributed by atoms with Crippen LogP contribution in [0.3, 0.4) is 0 Å². The van der Waals surface area contributed by atoms with Crippen LogP contribution in [-0.2, 0) is 20.4 Å². The number of ether oxygens (including phenoxy) is 4. The van der Waals surface area contributed by atoms with Crippen LogP contribution in [-0.4, -0.2) is 64.3 Å². The third kappa shape index (κ3) is 9.49. The molecule has 1 aliphatic rings. The van der Waals surface area contributed by atoms with Gasteiger partial charge < -0.3 is 29.7 Å². The van der Waals surface area contributed by atoms with Crippen LogP contribution in [0.4, 0.5) is 17.6 Å². The molecule has 2 heterocycles. The number of nitrogens with two attached hydrogens (primary N) is 1. The summed E-state index contributed by atoms with van der Waals surface area (Å²) in [4.78, 5) is 24.4. The molecular formula is C22H28F4N2O6. The smallest absolute Gasteiger partial charge is 0.431 e. The number of alkyl halides is 4. The molecule has 2 aromatic rings.